The smallest absolute Gasteiger partial charge is 0.123 e. The minimum atomic E-state index is -0.215. The predicted molar refractivity (Wildman–Crippen MR) is 78.9 cm³/mol. The molecule has 1 aliphatic heterocycles. The molecule has 0 aromatic heterocycles. The number of nitrogens with zero attached hydrogens (tertiary/aromatic N) is 1. The highest BCUT2D eigenvalue weighted by atomic mass is 16.5. The van der Waals surface area contributed by atoms with Gasteiger partial charge >= 0.3 is 0 Å². The highest BCUT2D eigenvalue weighted by Crippen LogP contribution is 2.25. The van der Waals surface area contributed by atoms with Crippen molar-refractivity contribution in [2.24, 2.45) is 5.92 Å². The van der Waals surface area contributed by atoms with E-state index in [2.05, 4.69) is 11.0 Å². The van der Waals surface area contributed by atoms with Gasteiger partial charge in [0.2, 0.25) is 0 Å². The van der Waals surface area contributed by atoms with Crippen molar-refractivity contribution in [1.82, 2.24) is 4.90 Å². The van der Waals surface area contributed by atoms with Crippen LogP contribution in [0.4, 0.5) is 0 Å². The number of methoxy groups -OCH3 is 1. The van der Waals surface area contributed by atoms with Gasteiger partial charge in [-0.05, 0) is 31.9 Å². The van der Waals surface area contributed by atoms with Crippen LogP contribution in [0.2, 0.25) is 0 Å². The molecule has 2 rings (SSSR count). The highest BCUT2D eigenvalue weighted by Gasteiger charge is 2.26. The van der Waals surface area contributed by atoms with Crippen molar-refractivity contribution >= 4 is 0 Å². The monoisotopic (exact) mass is 279 g/mol. The average Bonchev–Trinajstić information content (AvgIpc) is 2.90. The first-order valence-electron chi connectivity index (χ1n) is 7.30. The molecule has 1 aromatic rings. The first-order chi connectivity index (χ1) is 9.70. The lowest BCUT2D eigenvalue weighted by Crippen LogP contribution is -2.24. The van der Waals surface area contributed by atoms with Crippen LogP contribution in [0.1, 0.15) is 18.9 Å². The Morgan fingerprint density at radius 1 is 1.35 bits per heavy atom. The van der Waals surface area contributed by atoms with Gasteiger partial charge in [-0.25, -0.2) is 0 Å². The molecule has 1 saturated heterocycles. The van der Waals surface area contributed by atoms with E-state index in [-0.39, 0.29) is 6.10 Å². The van der Waals surface area contributed by atoms with Crippen molar-refractivity contribution in [3.8, 4) is 5.75 Å². The molecule has 20 heavy (non-hydrogen) atoms. The molecule has 0 radical (unpaired) electrons. The molecule has 0 amide bonds. The van der Waals surface area contributed by atoms with Crippen LogP contribution in [0.3, 0.4) is 0 Å². The topological polar surface area (TPSA) is 41.9 Å². The van der Waals surface area contributed by atoms with Crippen LogP contribution in [0, 0.1) is 5.92 Å². The van der Waals surface area contributed by atoms with Gasteiger partial charge in [0.25, 0.3) is 0 Å². The lowest BCUT2D eigenvalue weighted by molar-refractivity contribution is 0.126. The van der Waals surface area contributed by atoms with Gasteiger partial charge in [0.05, 0.1) is 12.7 Å². The van der Waals surface area contributed by atoms with Crippen molar-refractivity contribution in [2.75, 3.05) is 33.4 Å². The summed E-state index contributed by atoms with van der Waals surface area (Å²) < 4.78 is 10.8. The summed E-state index contributed by atoms with van der Waals surface area (Å²) in [5.74, 6) is 1.33. The van der Waals surface area contributed by atoms with Gasteiger partial charge in [-0.2, -0.15) is 0 Å². The van der Waals surface area contributed by atoms with E-state index in [1.165, 1.54) is 5.56 Å². The fraction of sp³-hybridized carbons (Fsp3) is 0.625. The maximum atomic E-state index is 9.67. The largest absolute Gasteiger partial charge is 0.491 e. The van der Waals surface area contributed by atoms with Crippen LogP contribution in [0.15, 0.2) is 24.3 Å². The lowest BCUT2D eigenvalue weighted by atomic mass is 10.0. The Hall–Kier alpha value is -1.10. The fourth-order valence-electron chi connectivity index (χ4n) is 2.65. The van der Waals surface area contributed by atoms with E-state index in [1.54, 1.807) is 7.11 Å². The number of aliphatic hydroxyl groups excluding tert-OH is 1. The summed E-state index contributed by atoms with van der Waals surface area (Å²) in [6, 6.07) is 8.15. The third-order valence-electron chi connectivity index (χ3n) is 3.90. The standard InChI is InChI=1S/C16H25NO3/c1-13(18)14-7-8-17(11-14)12-15-5-3-4-6-16(15)20-10-9-19-2/h3-6,13-14,18H,7-12H2,1-2H3. The zero-order valence-corrected chi connectivity index (χ0v) is 12.4. The summed E-state index contributed by atoms with van der Waals surface area (Å²) in [7, 11) is 1.68. The maximum absolute atomic E-state index is 9.67. The molecule has 2 atom stereocenters. The third kappa shape index (κ3) is 4.20. The summed E-state index contributed by atoms with van der Waals surface area (Å²) >= 11 is 0. The van der Waals surface area contributed by atoms with E-state index in [4.69, 9.17) is 9.47 Å². The second-order valence-corrected chi connectivity index (χ2v) is 5.47. The third-order valence-corrected chi connectivity index (χ3v) is 3.90. The molecule has 4 nitrogen and oxygen atoms in total. The molecule has 1 fully saturated rings. The van der Waals surface area contributed by atoms with Gasteiger partial charge in [0, 0.05) is 25.8 Å². The Bertz CT molecular complexity index is 408. The van der Waals surface area contributed by atoms with E-state index >= 15 is 0 Å². The molecule has 0 spiro atoms. The van der Waals surface area contributed by atoms with Crippen molar-refractivity contribution in [1.29, 1.82) is 0 Å². The Morgan fingerprint density at radius 2 is 2.15 bits per heavy atom. The molecule has 2 unspecified atom stereocenters. The number of para-hydroxylation sites is 1. The highest BCUT2D eigenvalue weighted by molar-refractivity contribution is 5.33. The number of aliphatic hydroxyl groups is 1. The van der Waals surface area contributed by atoms with E-state index < -0.39 is 0 Å². The van der Waals surface area contributed by atoms with Crippen molar-refractivity contribution in [3.63, 3.8) is 0 Å². The second-order valence-electron chi connectivity index (χ2n) is 5.47. The molecule has 0 aliphatic carbocycles. The summed E-state index contributed by atoms with van der Waals surface area (Å²) in [5.41, 5.74) is 1.20. The summed E-state index contributed by atoms with van der Waals surface area (Å²) in [5, 5.41) is 9.67. The van der Waals surface area contributed by atoms with Gasteiger partial charge < -0.3 is 14.6 Å². The minimum absolute atomic E-state index is 0.215. The lowest BCUT2D eigenvalue weighted by Gasteiger charge is -2.19. The zero-order chi connectivity index (χ0) is 14.4. The summed E-state index contributed by atoms with van der Waals surface area (Å²) in [4.78, 5) is 2.38. The van der Waals surface area contributed by atoms with Gasteiger partial charge in [-0.15, -0.1) is 0 Å². The number of benzene rings is 1. The summed E-state index contributed by atoms with van der Waals surface area (Å²) in [6.45, 7) is 5.94. The molecule has 1 heterocycles. The number of likely N-dealkylation sites (tertiary alicyclic amines) is 1. The zero-order valence-electron chi connectivity index (χ0n) is 12.4. The first kappa shape index (κ1) is 15.3. The molecular formula is C16H25NO3. The van der Waals surface area contributed by atoms with Crippen molar-refractivity contribution in [2.45, 2.75) is 26.0 Å². The van der Waals surface area contributed by atoms with Crippen LogP contribution in [0.5, 0.6) is 5.75 Å². The molecular weight excluding hydrogens is 254 g/mol. The van der Waals surface area contributed by atoms with Gasteiger partial charge in [-0.1, -0.05) is 18.2 Å². The predicted octanol–water partition coefficient (Wildman–Crippen LogP) is 1.91. The van der Waals surface area contributed by atoms with Crippen LogP contribution >= 0.6 is 0 Å². The molecule has 1 N–H and O–H groups in total. The van der Waals surface area contributed by atoms with Gasteiger partial charge in [0.1, 0.15) is 12.4 Å². The normalized spacial score (nSPS) is 21.1. The van der Waals surface area contributed by atoms with Crippen LogP contribution < -0.4 is 4.74 Å². The van der Waals surface area contributed by atoms with E-state index in [9.17, 15) is 5.11 Å². The molecule has 4 heteroatoms. The molecule has 0 saturated carbocycles. The van der Waals surface area contributed by atoms with Crippen molar-refractivity contribution < 1.29 is 14.6 Å². The number of hydrogen-bond acceptors (Lipinski definition) is 4. The molecule has 1 aliphatic rings. The minimum Gasteiger partial charge on any atom is -0.491 e. The van der Waals surface area contributed by atoms with Gasteiger partial charge in [0.15, 0.2) is 0 Å². The van der Waals surface area contributed by atoms with E-state index in [1.807, 2.05) is 25.1 Å². The van der Waals surface area contributed by atoms with E-state index in [0.717, 1.165) is 31.8 Å². The first-order valence-corrected chi connectivity index (χ1v) is 7.30. The molecule has 0 bridgehead atoms. The number of rotatable bonds is 7. The number of hydrogen-bond donors (Lipinski definition) is 1. The molecule has 112 valence electrons. The SMILES string of the molecule is COCCOc1ccccc1CN1CCC(C(C)O)C1. The average molecular weight is 279 g/mol. The Labute approximate surface area is 121 Å². The maximum Gasteiger partial charge on any atom is 0.123 e. The Kier molecular flexibility index (Phi) is 5.83. The van der Waals surface area contributed by atoms with Crippen LogP contribution in [-0.2, 0) is 11.3 Å². The quantitative estimate of drug-likeness (QED) is 0.774. The van der Waals surface area contributed by atoms with E-state index in [0.29, 0.717) is 19.1 Å². The van der Waals surface area contributed by atoms with Crippen LogP contribution in [-0.4, -0.2) is 49.5 Å². The van der Waals surface area contributed by atoms with Crippen molar-refractivity contribution in [3.05, 3.63) is 29.8 Å². The number of ether oxygens (including phenoxy) is 2. The second kappa shape index (κ2) is 7.62. The Morgan fingerprint density at radius 3 is 2.85 bits per heavy atom. The fourth-order valence-corrected chi connectivity index (χ4v) is 2.65. The van der Waals surface area contributed by atoms with Gasteiger partial charge in [-0.3, -0.25) is 4.90 Å². The Balaban J connectivity index is 1.92. The summed E-state index contributed by atoms with van der Waals surface area (Å²) in [6.07, 6.45) is 0.859. The van der Waals surface area contributed by atoms with Crippen LogP contribution in [0.25, 0.3) is 0 Å². The molecule has 1 aromatic carbocycles.